The Morgan fingerprint density at radius 2 is 2.16 bits per heavy atom. The first-order chi connectivity index (χ1) is 8.69. The lowest BCUT2D eigenvalue weighted by Crippen LogP contribution is -2.37. The summed E-state index contributed by atoms with van der Waals surface area (Å²) in [5, 5.41) is 5.99. The molecule has 1 aliphatic rings. The molecule has 2 amide bonds. The molecule has 0 aliphatic carbocycles. The molecule has 1 heterocycles. The lowest BCUT2D eigenvalue weighted by Gasteiger charge is -2.13. The monoisotopic (exact) mass is 293 g/mol. The Hall–Kier alpha value is -0.850. The highest BCUT2D eigenvalue weighted by atomic mass is 35.5. The molecule has 0 bridgehead atoms. The van der Waals surface area contributed by atoms with E-state index in [0.717, 1.165) is 6.54 Å². The summed E-state index contributed by atoms with van der Waals surface area (Å²) < 4.78 is 4.89. The van der Waals surface area contributed by atoms with Gasteiger partial charge in [0.2, 0.25) is 11.8 Å². The van der Waals surface area contributed by atoms with Crippen LogP contribution in [0.2, 0.25) is 0 Å². The number of carbonyl (C=O) groups excluding carboxylic acids is 2. The second-order valence-corrected chi connectivity index (χ2v) is 4.37. The van der Waals surface area contributed by atoms with Crippen LogP contribution in [0.1, 0.15) is 13.3 Å². The highest BCUT2D eigenvalue weighted by molar-refractivity contribution is 5.89. The summed E-state index contributed by atoms with van der Waals surface area (Å²) in [7, 11) is 1.65. The van der Waals surface area contributed by atoms with Crippen LogP contribution < -0.4 is 10.6 Å². The van der Waals surface area contributed by atoms with Crippen molar-refractivity contribution in [3.8, 4) is 0 Å². The van der Waals surface area contributed by atoms with E-state index in [1.807, 2.05) is 6.92 Å². The third kappa shape index (κ3) is 6.22. The van der Waals surface area contributed by atoms with E-state index in [1.54, 1.807) is 12.0 Å². The van der Waals surface area contributed by atoms with E-state index < -0.39 is 0 Å². The predicted molar refractivity (Wildman–Crippen MR) is 75.4 cm³/mol. The number of halogens is 1. The molecular formula is C12H24ClN3O3. The van der Waals surface area contributed by atoms with Crippen molar-refractivity contribution in [1.82, 2.24) is 15.5 Å². The van der Waals surface area contributed by atoms with Gasteiger partial charge < -0.3 is 20.3 Å². The maximum absolute atomic E-state index is 11.8. The predicted octanol–water partition coefficient (Wildman–Crippen LogP) is -0.371. The van der Waals surface area contributed by atoms with Crippen molar-refractivity contribution in [3.05, 3.63) is 0 Å². The summed E-state index contributed by atoms with van der Waals surface area (Å²) in [6.07, 6.45) is 0.344. The maximum Gasteiger partial charge on any atom is 0.225 e. The molecular weight excluding hydrogens is 270 g/mol. The molecule has 6 nitrogen and oxygen atoms in total. The Kier molecular flexibility index (Phi) is 9.55. The lowest BCUT2D eigenvalue weighted by molar-refractivity contribution is -0.128. The molecule has 0 aromatic rings. The Balaban J connectivity index is 0.00000324. The van der Waals surface area contributed by atoms with Gasteiger partial charge in [0, 0.05) is 46.3 Å². The molecule has 0 aromatic heterocycles. The molecule has 1 rings (SSSR count). The van der Waals surface area contributed by atoms with Gasteiger partial charge in [-0.15, -0.1) is 12.4 Å². The minimum Gasteiger partial charge on any atom is -0.383 e. The van der Waals surface area contributed by atoms with Gasteiger partial charge in [-0.25, -0.2) is 0 Å². The normalized spacial score (nSPS) is 18.3. The highest BCUT2D eigenvalue weighted by Gasteiger charge is 2.32. The second-order valence-electron chi connectivity index (χ2n) is 4.37. The topological polar surface area (TPSA) is 70.7 Å². The van der Waals surface area contributed by atoms with Gasteiger partial charge in [-0.2, -0.15) is 0 Å². The molecule has 1 aliphatic heterocycles. The molecule has 112 valence electrons. The summed E-state index contributed by atoms with van der Waals surface area (Å²) in [6, 6.07) is 0. The van der Waals surface area contributed by atoms with Crippen LogP contribution in [0, 0.1) is 5.92 Å². The molecule has 1 fully saturated rings. The number of methoxy groups -OCH3 is 1. The first-order valence-electron chi connectivity index (χ1n) is 6.44. The largest absolute Gasteiger partial charge is 0.383 e. The molecule has 0 spiro atoms. The van der Waals surface area contributed by atoms with Crippen LogP contribution in [0.25, 0.3) is 0 Å². The van der Waals surface area contributed by atoms with Gasteiger partial charge in [-0.1, -0.05) is 0 Å². The van der Waals surface area contributed by atoms with Crippen molar-refractivity contribution >= 4 is 24.2 Å². The number of nitrogens with one attached hydrogen (secondary N) is 2. The van der Waals surface area contributed by atoms with Crippen LogP contribution in [-0.4, -0.2) is 63.2 Å². The summed E-state index contributed by atoms with van der Waals surface area (Å²) in [5.74, 6) is -0.125. The zero-order valence-corrected chi connectivity index (χ0v) is 12.4. The number of hydrogen-bond donors (Lipinski definition) is 2. The molecule has 19 heavy (non-hydrogen) atoms. The second kappa shape index (κ2) is 10.00. The fourth-order valence-electron chi connectivity index (χ4n) is 1.97. The van der Waals surface area contributed by atoms with Crippen molar-refractivity contribution in [3.63, 3.8) is 0 Å². The van der Waals surface area contributed by atoms with Gasteiger partial charge in [0.1, 0.15) is 0 Å². The van der Waals surface area contributed by atoms with Crippen LogP contribution in [0.15, 0.2) is 0 Å². The van der Waals surface area contributed by atoms with Crippen LogP contribution in [0.4, 0.5) is 0 Å². The summed E-state index contributed by atoms with van der Waals surface area (Å²) in [4.78, 5) is 25.0. The number of rotatable bonds is 8. The van der Waals surface area contributed by atoms with Crippen molar-refractivity contribution < 1.29 is 14.3 Å². The van der Waals surface area contributed by atoms with Crippen molar-refractivity contribution in [2.45, 2.75) is 13.3 Å². The Morgan fingerprint density at radius 3 is 2.74 bits per heavy atom. The summed E-state index contributed by atoms with van der Waals surface area (Å²) in [6.45, 7) is 5.90. The highest BCUT2D eigenvalue weighted by Crippen LogP contribution is 2.17. The number of likely N-dealkylation sites (tertiary alicyclic amines) is 1. The fraction of sp³-hybridized carbons (Fsp3) is 0.833. The van der Waals surface area contributed by atoms with Crippen LogP contribution in [0.5, 0.6) is 0 Å². The Labute approximate surface area is 120 Å². The van der Waals surface area contributed by atoms with Crippen LogP contribution in [-0.2, 0) is 14.3 Å². The van der Waals surface area contributed by atoms with E-state index in [0.29, 0.717) is 39.2 Å². The average Bonchev–Trinajstić information content (AvgIpc) is 2.74. The van der Waals surface area contributed by atoms with Crippen LogP contribution >= 0.6 is 12.4 Å². The van der Waals surface area contributed by atoms with E-state index >= 15 is 0 Å². The molecule has 1 unspecified atom stereocenters. The zero-order chi connectivity index (χ0) is 13.4. The molecule has 1 saturated heterocycles. The Morgan fingerprint density at radius 1 is 1.42 bits per heavy atom. The molecule has 7 heteroatoms. The molecule has 0 aromatic carbocycles. The number of carbonyl (C=O) groups is 2. The minimum absolute atomic E-state index is 0. The number of hydrogen-bond acceptors (Lipinski definition) is 4. The molecule has 0 saturated carbocycles. The quantitative estimate of drug-likeness (QED) is 0.599. The van der Waals surface area contributed by atoms with Gasteiger partial charge in [0.05, 0.1) is 12.5 Å². The molecule has 0 radical (unpaired) electrons. The van der Waals surface area contributed by atoms with Crippen LogP contribution in [0.3, 0.4) is 0 Å². The minimum atomic E-state index is -0.184. The molecule has 2 N–H and O–H groups in total. The third-order valence-corrected chi connectivity index (χ3v) is 3.05. The Bertz CT molecular complexity index is 289. The number of nitrogens with zero attached hydrogens (tertiary/aromatic N) is 1. The summed E-state index contributed by atoms with van der Waals surface area (Å²) >= 11 is 0. The van der Waals surface area contributed by atoms with E-state index in [1.165, 1.54) is 0 Å². The van der Waals surface area contributed by atoms with E-state index in [2.05, 4.69) is 10.6 Å². The van der Waals surface area contributed by atoms with E-state index in [9.17, 15) is 9.59 Å². The SMILES string of the molecule is CCN1CC(C(=O)NCCNCCOC)CC1=O.Cl. The fourth-order valence-corrected chi connectivity index (χ4v) is 1.97. The number of ether oxygens (including phenoxy) is 1. The van der Waals surface area contributed by atoms with Gasteiger partial charge >= 0.3 is 0 Å². The van der Waals surface area contributed by atoms with Gasteiger partial charge in [0.25, 0.3) is 0 Å². The van der Waals surface area contributed by atoms with Crippen molar-refractivity contribution in [2.75, 3.05) is 46.4 Å². The first kappa shape index (κ1) is 18.1. The van der Waals surface area contributed by atoms with Gasteiger partial charge in [-0.3, -0.25) is 9.59 Å². The zero-order valence-electron chi connectivity index (χ0n) is 11.6. The van der Waals surface area contributed by atoms with E-state index in [4.69, 9.17) is 4.74 Å². The number of amides is 2. The van der Waals surface area contributed by atoms with Crippen molar-refractivity contribution in [2.24, 2.45) is 5.92 Å². The van der Waals surface area contributed by atoms with E-state index in [-0.39, 0.29) is 30.1 Å². The van der Waals surface area contributed by atoms with Gasteiger partial charge in [0.15, 0.2) is 0 Å². The van der Waals surface area contributed by atoms with Gasteiger partial charge in [-0.05, 0) is 6.92 Å². The lowest BCUT2D eigenvalue weighted by atomic mass is 10.1. The third-order valence-electron chi connectivity index (χ3n) is 3.05. The summed E-state index contributed by atoms with van der Waals surface area (Å²) in [5.41, 5.74) is 0. The molecule has 1 atom stereocenters. The maximum atomic E-state index is 11.8. The average molecular weight is 294 g/mol. The standard InChI is InChI=1S/C12H23N3O3.ClH/c1-3-15-9-10(8-11(15)16)12(17)14-5-4-13-6-7-18-2;/h10,13H,3-9H2,1-2H3,(H,14,17);1H. The first-order valence-corrected chi connectivity index (χ1v) is 6.44. The smallest absolute Gasteiger partial charge is 0.225 e. The van der Waals surface area contributed by atoms with Crippen molar-refractivity contribution in [1.29, 1.82) is 0 Å².